The SMILES string of the molecule is CN(CCN1CCCCC1)CCn1ccc2ccccc21. The van der Waals surface area contributed by atoms with Gasteiger partial charge in [0.1, 0.15) is 0 Å². The molecular formula is C18H27N3. The summed E-state index contributed by atoms with van der Waals surface area (Å²) in [6.07, 6.45) is 6.41. The first kappa shape index (κ1) is 14.6. The second-order valence-corrected chi connectivity index (χ2v) is 6.27. The van der Waals surface area contributed by atoms with Gasteiger partial charge in [-0.25, -0.2) is 0 Å². The van der Waals surface area contributed by atoms with Gasteiger partial charge in [-0.1, -0.05) is 24.6 Å². The Morgan fingerprint density at radius 3 is 2.57 bits per heavy atom. The van der Waals surface area contributed by atoms with E-state index in [0.717, 1.165) is 13.1 Å². The molecule has 0 saturated carbocycles. The standard InChI is InChI=1S/C18H27N3/c1-19(13-15-20-10-5-2-6-11-20)14-16-21-12-9-17-7-3-4-8-18(17)21/h3-4,7-9,12H,2,5-6,10-11,13-16H2,1H3. The average Bonchev–Trinajstić information content (AvgIpc) is 2.95. The lowest BCUT2D eigenvalue weighted by atomic mass is 10.1. The van der Waals surface area contributed by atoms with Crippen LogP contribution in [-0.4, -0.2) is 54.1 Å². The quantitative estimate of drug-likeness (QED) is 0.808. The van der Waals surface area contributed by atoms with Crippen molar-refractivity contribution in [1.82, 2.24) is 14.4 Å². The number of fused-ring (bicyclic) bond motifs is 1. The Morgan fingerprint density at radius 1 is 0.952 bits per heavy atom. The minimum atomic E-state index is 1.07. The van der Waals surface area contributed by atoms with Crippen molar-refractivity contribution < 1.29 is 0 Å². The highest BCUT2D eigenvalue weighted by Crippen LogP contribution is 2.14. The molecule has 0 bridgehead atoms. The molecule has 3 rings (SSSR count). The molecule has 3 nitrogen and oxygen atoms in total. The van der Waals surface area contributed by atoms with Crippen molar-refractivity contribution in [3.05, 3.63) is 36.5 Å². The molecule has 1 aromatic heterocycles. The molecule has 0 spiro atoms. The summed E-state index contributed by atoms with van der Waals surface area (Å²) in [6, 6.07) is 10.8. The predicted octanol–water partition coefficient (Wildman–Crippen LogP) is 3.06. The largest absolute Gasteiger partial charge is 0.346 e. The Labute approximate surface area is 128 Å². The minimum absolute atomic E-state index is 1.07. The summed E-state index contributed by atoms with van der Waals surface area (Å²) in [7, 11) is 2.25. The number of rotatable bonds is 6. The van der Waals surface area contributed by atoms with Crippen molar-refractivity contribution in [3.63, 3.8) is 0 Å². The third-order valence-corrected chi connectivity index (χ3v) is 4.65. The maximum atomic E-state index is 2.62. The number of nitrogens with zero attached hydrogens (tertiary/aromatic N) is 3. The first-order valence-electron chi connectivity index (χ1n) is 8.28. The van der Waals surface area contributed by atoms with Crippen molar-refractivity contribution >= 4 is 10.9 Å². The zero-order valence-electron chi connectivity index (χ0n) is 13.2. The molecular weight excluding hydrogens is 258 g/mol. The van der Waals surface area contributed by atoms with E-state index in [2.05, 4.69) is 57.9 Å². The molecule has 3 heteroatoms. The summed E-state index contributed by atoms with van der Waals surface area (Å²) < 4.78 is 2.37. The van der Waals surface area contributed by atoms with Crippen LogP contribution in [0.5, 0.6) is 0 Å². The van der Waals surface area contributed by atoms with Gasteiger partial charge in [-0.15, -0.1) is 0 Å². The fraction of sp³-hybridized carbons (Fsp3) is 0.556. The fourth-order valence-corrected chi connectivity index (χ4v) is 3.22. The van der Waals surface area contributed by atoms with Crippen LogP contribution in [0.15, 0.2) is 36.5 Å². The zero-order chi connectivity index (χ0) is 14.5. The van der Waals surface area contributed by atoms with E-state index < -0.39 is 0 Å². The summed E-state index contributed by atoms with van der Waals surface area (Å²) in [6.45, 7) is 7.20. The molecule has 1 aromatic carbocycles. The van der Waals surface area contributed by atoms with Crippen molar-refractivity contribution in [3.8, 4) is 0 Å². The summed E-state index contributed by atoms with van der Waals surface area (Å²) in [5.41, 5.74) is 1.35. The van der Waals surface area contributed by atoms with Crippen molar-refractivity contribution in [2.45, 2.75) is 25.8 Å². The molecule has 21 heavy (non-hydrogen) atoms. The van der Waals surface area contributed by atoms with Gasteiger partial charge in [0.2, 0.25) is 0 Å². The molecule has 0 aliphatic carbocycles. The van der Waals surface area contributed by atoms with Gasteiger partial charge in [-0.2, -0.15) is 0 Å². The Bertz CT molecular complexity index is 554. The molecule has 0 radical (unpaired) electrons. The topological polar surface area (TPSA) is 11.4 Å². The summed E-state index contributed by atoms with van der Waals surface area (Å²) in [5, 5.41) is 1.34. The Hall–Kier alpha value is -1.32. The zero-order valence-corrected chi connectivity index (χ0v) is 13.2. The number of aromatic nitrogens is 1. The number of likely N-dealkylation sites (tertiary alicyclic amines) is 1. The van der Waals surface area contributed by atoms with Gasteiger partial charge in [0, 0.05) is 37.9 Å². The van der Waals surface area contributed by atoms with Crippen LogP contribution >= 0.6 is 0 Å². The van der Waals surface area contributed by atoms with Crippen LogP contribution in [0.25, 0.3) is 10.9 Å². The lowest BCUT2D eigenvalue weighted by Gasteiger charge is -2.28. The normalized spacial score (nSPS) is 16.9. The minimum Gasteiger partial charge on any atom is -0.346 e. The van der Waals surface area contributed by atoms with Crippen molar-refractivity contribution in [1.29, 1.82) is 0 Å². The van der Waals surface area contributed by atoms with Crippen LogP contribution in [0.1, 0.15) is 19.3 Å². The van der Waals surface area contributed by atoms with Crippen LogP contribution < -0.4 is 0 Å². The number of para-hydroxylation sites is 1. The van der Waals surface area contributed by atoms with Crippen LogP contribution in [0.3, 0.4) is 0 Å². The van der Waals surface area contributed by atoms with E-state index in [0.29, 0.717) is 0 Å². The van der Waals surface area contributed by atoms with Crippen molar-refractivity contribution in [2.24, 2.45) is 0 Å². The van der Waals surface area contributed by atoms with E-state index >= 15 is 0 Å². The summed E-state index contributed by atoms with van der Waals surface area (Å²) >= 11 is 0. The fourth-order valence-electron chi connectivity index (χ4n) is 3.22. The number of likely N-dealkylation sites (N-methyl/N-ethyl adjacent to an activating group) is 1. The van der Waals surface area contributed by atoms with Crippen LogP contribution in [-0.2, 0) is 6.54 Å². The molecule has 1 aliphatic rings. The first-order valence-corrected chi connectivity index (χ1v) is 8.28. The third-order valence-electron chi connectivity index (χ3n) is 4.65. The maximum Gasteiger partial charge on any atom is 0.0480 e. The molecule has 0 amide bonds. The third kappa shape index (κ3) is 3.86. The van der Waals surface area contributed by atoms with Gasteiger partial charge >= 0.3 is 0 Å². The number of hydrogen-bond donors (Lipinski definition) is 0. The van der Waals surface area contributed by atoms with E-state index in [9.17, 15) is 0 Å². The van der Waals surface area contributed by atoms with Gasteiger partial charge in [-0.05, 0) is 50.5 Å². The van der Waals surface area contributed by atoms with Gasteiger partial charge in [0.25, 0.3) is 0 Å². The van der Waals surface area contributed by atoms with E-state index in [4.69, 9.17) is 0 Å². The van der Waals surface area contributed by atoms with Crippen LogP contribution in [0, 0.1) is 0 Å². The van der Waals surface area contributed by atoms with Crippen molar-refractivity contribution in [2.75, 3.05) is 39.8 Å². The second kappa shape index (κ2) is 7.10. The molecule has 1 fully saturated rings. The molecule has 0 unspecified atom stereocenters. The summed E-state index contributed by atoms with van der Waals surface area (Å²) in [4.78, 5) is 5.08. The second-order valence-electron chi connectivity index (χ2n) is 6.27. The molecule has 2 heterocycles. The van der Waals surface area contributed by atoms with Gasteiger partial charge in [0.15, 0.2) is 0 Å². The van der Waals surface area contributed by atoms with Gasteiger partial charge in [0.05, 0.1) is 0 Å². The lowest BCUT2D eigenvalue weighted by molar-refractivity contribution is 0.194. The smallest absolute Gasteiger partial charge is 0.0480 e. The molecule has 0 atom stereocenters. The Morgan fingerprint density at radius 2 is 1.71 bits per heavy atom. The average molecular weight is 285 g/mol. The van der Waals surface area contributed by atoms with E-state index in [1.165, 1.54) is 56.3 Å². The monoisotopic (exact) mass is 285 g/mol. The Balaban J connectivity index is 1.45. The molecule has 1 saturated heterocycles. The molecule has 0 N–H and O–H groups in total. The Kier molecular flexibility index (Phi) is 4.94. The maximum absolute atomic E-state index is 2.62. The summed E-state index contributed by atoms with van der Waals surface area (Å²) in [5.74, 6) is 0. The molecule has 2 aromatic rings. The number of piperidine rings is 1. The number of benzene rings is 1. The van der Waals surface area contributed by atoms with Crippen LogP contribution in [0.4, 0.5) is 0 Å². The van der Waals surface area contributed by atoms with Gasteiger partial charge < -0.3 is 14.4 Å². The van der Waals surface area contributed by atoms with Gasteiger partial charge in [-0.3, -0.25) is 0 Å². The highest BCUT2D eigenvalue weighted by molar-refractivity contribution is 5.79. The first-order chi connectivity index (χ1) is 10.3. The van der Waals surface area contributed by atoms with E-state index in [1.54, 1.807) is 0 Å². The lowest BCUT2D eigenvalue weighted by Crippen LogP contribution is -2.37. The molecule has 1 aliphatic heterocycles. The highest BCUT2D eigenvalue weighted by atomic mass is 15.2. The van der Waals surface area contributed by atoms with Crippen LogP contribution in [0.2, 0.25) is 0 Å². The predicted molar refractivity (Wildman–Crippen MR) is 89.7 cm³/mol. The number of hydrogen-bond acceptors (Lipinski definition) is 2. The molecule has 114 valence electrons. The van der Waals surface area contributed by atoms with E-state index in [1.807, 2.05) is 0 Å². The highest BCUT2D eigenvalue weighted by Gasteiger charge is 2.10. The van der Waals surface area contributed by atoms with E-state index in [-0.39, 0.29) is 0 Å².